The summed E-state index contributed by atoms with van der Waals surface area (Å²) in [4.78, 5) is 0. The number of hydrogen-bond donors (Lipinski definition) is 0. The second-order valence-corrected chi connectivity index (χ2v) is 10.6. The maximum Gasteiger partial charge on any atom is 0.421 e. The summed E-state index contributed by atoms with van der Waals surface area (Å²) in [6, 6.07) is 14.3. The third-order valence-electron chi connectivity index (χ3n) is 2.86. The van der Waals surface area contributed by atoms with Gasteiger partial charge in [-0.25, -0.2) is 0 Å². The van der Waals surface area contributed by atoms with Crippen molar-refractivity contribution in [1.29, 1.82) is 0 Å². The Morgan fingerprint density at radius 1 is 0.545 bits per heavy atom. The van der Waals surface area contributed by atoms with Crippen LogP contribution in [0.1, 0.15) is 0 Å². The maximum absolute atomic E-state index is 15.0. The summed E-state index contributed by atoms with van der Waals surface area (Å²) in [5, 5.41) is -0.245. The average Bonchev–Trinajstić information content (AvgIpc) is 2.47. The molecule has 0 radical (unpaired) electrons. The topological polar surface area (TPSA) is 37.1 Å². The van der Waals surface area contributed by atoms with Gasteiger partial charge in [-0.2, -0.15) is 21.9 Å². The van der Waals surface area contributed by atoms with E-state index < -0.39 is 22.9 Å². The van der Waals surface area contributed by atoms with Gasteiger partial charge in [0.1, 0.15) is 0 Å². The third kappa shape index (κ3) is 2.99. The molecule has 0 fully saturated rings. The summed E-state index contributed by atoms with van der Waals surface area (Å²) in [6.07, 6.45) is 0. The number of hydrogen-bond acceptors (Lipinski definition) is 3. The summed E-state index contributed by atoms with van der Waals surface area (Å²) in [5.41, 5.74) is 0. The van der Waals surface area contributed by atoms with Crippen molar-refractivity contribution in [1.82, 2.24) is 0 Å². The van der Waals surface area contributed by atoms with Gasteiger partial charge >= 0.3 is 7.83 Å². The molecule has 2 atom stereocenters. The Hall–Kier alpha value is -1.15. The molecule has 1 aliphatic rings. The number of benzene rings is 2. The molecule has 0 saturated carbocycles. The van der Waals surface area contributed by atoms with Crippen LogP contribution < -0.4 is 10.6 Å². The molecule has 3 rings (SSSR count). The highest BCUT2D eigenvalue weighted by atomic mass is 31.3. The highest BCUT2D eigenvalue weighted by molar-refractivity contribution is 7.86. The normalized spacial score (nSPS) is 29.8. The van der Waals surface area contributed by atoms with Crippen molar-refractivity contribution in [3.63, 3.8) is 0 Å². The molecule has 0 spiro atoms. The summed E-state index contributed by atoms with van der Waals surface area (Å²) in [5.74, 6) is 0. The second kappa shape index (κ2) is 5.49. The SMILES string of the molecule is FP1(F)=NP(F)(c2ccccc2)=NP(F)(c2ccccc2)=N1. The predicted octanol–water partition coefficient (Wildman–Crippen LogP) is 6.54. The maximum atomic E-state index is 15.0. The van der Waals surface area contributed by atoms with Gasteiger partial charge in [0.05, 0.1) is 0 Å². The monoisotopic (exact) mass is 365 g/mol. The van der Waals surface area contributed by atoms with Crippen LogP contribution in [-0.4, -0.2) is 0 Å². The van der Waals surface area contributed by atoms with E-state index in [4.69, 9.17) is 0 Å². The molecule has 10 heteroatoms. The van der Waals surface area contributed by atoms with Crippen LogP contribution in [0, 0.1) is 0 Å². The van der Waals surface area contributed by atoms with E-state index in [1.165, 1.54) is 48.5 Å². The van der Waals surface area contributed by atoms with Gasteiger partial charge in [-0.15, -0.1) is 8.39 Å². The zero-order valence-corrected chi connectivity index (χ0v) is 13.7. The molecule has 0 N–H and O–H groups in total. The summed E-state index contributed by atoms with van der Waals surface area (Å²) >= 11 is 0. The van der Waals surface area contributed by atoms with Crippen LogP contribution in [-0.2, 0) is 0 Å². The summed E-state index contributed by atoms with van der Waals surface area (Å²) in [6.45, 7) is 0. The molecule has 22 heavy (non-hydrogen) atoms. The van der Waals surface area contributed by atoms with Crippen LogP contribution in [0.15, 0.2) is 74.2 Å². The molecule has 0 saturated heterocycles. The Labute approximate surface area is 125 Å². The van der Waals surface area contributed by atoms with Crippen molar-refractivity contribution in [2.45, 2.75) is 0 Å². The minimum atomic E-state index is -5.41. The lowest BCUT2D eigenvalue weighted by Gasteiger charge is -2.21. The minimum Gasteiger partial charge on any atom is -0.178 e. The number of nitrogens with zero attached hydrogens (tertiary/aromatic N) is 3. The van der Waals surface area contributed by atoms with Crippen LogP contribution >= 0.6 is 22.9 Å². The largest absolute Gasteiger partial charge is 0.421 e. The third-order valence-corrected chi connectivity index (χ3v) is 10.3. The minimum absolute atomic E-state index is 0.123. The Morgan fingerprint density at radius 3 is 1.41 bits per heavy atom. The van der Waals surface area contributed by atoms with Crippen molar-refractivity contribution in [3.8, 4) is 0 Å². The molecule has 3 nitrogen and oxygen atoms in total. The van der Waals surface area contributed by atoms with Gasteiger partial charge in [-0.1, -0.05) is 36.4 Å². The quantitative estimate of drug-likeness (QED) is 0.428. The first-order valence-electron chi connectivity index (χ1n) is 6.14. The van der Waals surface area contributed by atoms with Crippen LogP contribution in [0.3, 0.4) is 0 Å². The van der Waals surface area contributed by atoms with Gasteiger partial charge in [0, 0.05) is 10.6 Å². The van der Waals surface area contributed by atoms with E-state index in [0.29, 0.717) is 0 Å². The molecule has 2 unspecified atom stereocenters. The molecule has 0 aromatic heterocycles. The van der Waals surface area contributed by atoms with E-state index in [2.05, 4.69) is 13.5 Å². The van der Waals surface area contributed by atoms with E-state index in [1.54, 1.807) is 12.1 Å². The molecular formula is C12H10F4N3P3. The fraction of sp³-hybridized carbons (Fsp3) is 0. The van der Waals surface area contributed by atoms with E-state index in [9.17, 15) is 8.39 Å². The van der Waals surface area contributed by atoms with Gasteiger partial charge in [0.25, 0.3) is 15.0 Å². The van der Waals surface area contributed by atoms with Crippen LogP contribution in [0.2, 0.25) is 0 Å². The predicted molar refractivity (Wildman–Crippen MR) is 84.6 cm³/mol. The van der Waals surface area contributed by atoms with E-state index in [0.717, 1.165) is 0 Å². The molecule has 2 aromatic carbocycles. The van der Waals surface area contributed by atoms with Crippen molar-refractivity contribution in [2.75, 3.05) is 0 Å². The number of rotatable bonds is 2. The lowest BCUT2D eigenvalue weighted by atomic mass is 10.4. The molecule has 116 valence electrons. The van der Waals surface area contributed by atoms with E-state index >= 15 is 8.39 Å². The molecule has 2 aromatic rings. The average molecular weight is 365 g/mol. The second-order valence-electron chi connectivity index (χ2n) is 4.45. The fourth-order valence-corrected chi connectivity index (χ4v) is 9.63. The van der Waals surface area contributed by atoms with Crippen molar-refractivity contribution in [2.24, 2.45) is 13.5 Å². The van der Waals surface area contributed by atoms with Crippen LogP contribution in [0.4, 0.5) is 16.8 Å². The number of halogens is 4. The summed E-state index contributed by atoms with van der Waals surface area (Å²) < 4.78 is 67.1. The zero-order chi connectivity index (χ0) is 15.8. The molecule has 0 aliphatic carbocycles. The first-order chi connectivity index (χ1) is 10.3. The van der Waals surface area contributed by atoms with Crippen molar-refractivity contribution < 1.29 is 16.8 Å². The lowest BCUT2D eigenvalue weighted by molar-refractivity contribution is 0.722. The first kappa shape index (κ1) is 15.7. The molecule has 1 aliphatic heterocycles. The fourth-order valence-electron chi connectivity index (χ4n) is 1.94. The van der Waals surface area contributed by atoms with Gasteiger partial charge in [0.15, 0.2) is 0 Å². The Bertz CT molecular complexity index is 817. The smallest absolute Gasteiger partial charge is 0.178 e. The van der Waals surface area contributed by atoms with Gasteiger partial charge < -0.3 is 0 Å². The van der Waals surface area contributed by atoms with Gasteiger partial charge in [-0.05, 0) is 24.3 Å². The Balaban J connectivity index is 2.31. The first-order valence-corrected chi connectivity index (χ1v) is 10.8. The van der Waals surface area contributed by atoms with Crippen molar-refractivity contribution in [3.05, 3.63) is 60.7 Å². The Kier molecular flexibility index (Phi) is 3.92. The van der Waals surface area contributed by atoms with E-state index in [1.807, 2.05) is 0 Å². The Morgan fingerprint density at radius 2 is 0.955 bits per heavy atom. The van der Waals surface area contributed by atoms with Crippen LogP contribution in [0.25, 0.3) is 0 Å². The van der Waals surface area contributed by atoms with E-state index in [-0.39, 0.29) is 10.6 Å². The zero-order valence-electron chi connectivity index (χ0n) is 11.0. The highest BCUT2D eigenvalue weighted by Crippen LogP contribution is 2.80. The standard InChI is InChI=1S/C12H10F4N3P3/c13-20(11-7-3-1-4-8-11)17-21(14,19-22(15,16)18-20)12-9-5-2-6-10-12/h1-10H. The molecule has 0 bridgehead atoms. The molecular weight excluding hydrogens is 355 g/mol. The lowest BCUT2D eigenvalue weighted by Crippen LogP contribution is -2.03. The highest BCUT2D eigenvalue weighted by Gasteiger charge is 2.40. The molecule has 0 amide bonds. The van der Waals surface area contributed by atoms with Gasteiger partial charge in [-0.3, -0.25) is 0 Å². The van der Waals surface area contributed by atoms with Gasteiger partial charge in [0.2, 0.25) is 0 Å². The summed E-state index contributed by atoms with van der Waals surface area (Å²) in [7, 11) is -14.4. The van der Waals surface area contributed by atoms with Crippen LogP contribution in [0.5, 0.6) is 0 Å². The molecule has 1 heterocycles. The van der Waals surface area contributed by atoms with Crippen molar-refractivity contribution >= 4 is 33.5 Å².